The summed E-state index contributed by atoms with van der Waals surface area (Å²) in [7, 11) is 0. The number of hydrogen-bond acceptors (Lipinski definition) is 7. The summed E-state index contributed by atoms with van der Waals surface area (Å²) >= 11 is 3.48. The molecule has 166 valence electrons. The topological polar surface area (TPSA) is 100 Å². The van der Waals surface area contributed by atoms with Crippen LogP contribution in [-0.4, -0.2) is 30.0 Å². The molecule has 2 aromatic carbocycles. The predicted octanol–water partition coefficient (Wildman–Crippen LogP) is 5.36. The molecule has 0 aromatic heterocycles. The number of esters is 1. The summed E-state index contributed by atoms with van der Waals surface area (Å²) in [5.41, 5.74) is 2.24. The Bertz CT molecular complexity index is 1170. The van der Waals surface area contributed by atoms with Crippen molar-refractivity contribution in [3.63, 3.8) is 0 Å². The first-order chi connectivity index (χ1) is 15.2. The molecule has 9 heteroatoms. The molecule has 0 saturated heterocycles. The molecular weight excluding hydrogens is 480 g/mol. The third-order valence-electron chi connectivity index (χ3n) is 4.45. The molecule has 1 heterocycles. The van der Waals surface area contributed by atoms with Gasteiger partial charge < -0.3 is 14.2 Å². The van der Waals surface area contributed by atoms with E-state index in [-0.39, 0.29) is 17.3 Å². The number of carbonyl (C=O) groups is 1. The van der Waals surface area contributed by atoms with E-state index < -0.39 is 10.9 Å². The molecule has 0 bridgehead atoms. The first-order valence-corrected chi connectivity index (χ1v) is 10.5. The molecule has 3 rings (SSSR count). The van der Waals surface area contributed by atoms with Crippen molar-refractivity contribution in [2.45, 2.75) is 20.8 Å². The zero-order valence-corrected chi connectivity index (χ0v) is 19.4. The van der Waals surface area contributed by atoms with Crippen molar-refractivity contribution in [1.82, 2.24) is 0 Å². The second kappa shape index (κ2) is 9.78. The molecule has 2 aromatic rings. The number of benzene rings is 2. The highest BCUT2D eigenvalue weighted by atomic mass is 79.9. The van der Waals surface area contributed by atoms with Crippen LogP contribution in [0.15, 0.2) is 57.6 Å². The Kier molecular flexibility index (Phi) is 7.09. The molecule has 1 aliphatic heterocycles. The van der Waals surface area contributed by atoms with Crippen LogP contribution in [0.5, 0.6) is 11.5 Å². The lowest BCUT2D eigenvalue weighted by Crippen LogP contribution is -2.08. The van der Waals surface area contributed by atoms with Gasteiger partial charge in [-0.2, -0.15) is 0 Å². The monoisotopic (exact) mass is 500 g/mol. The van der Waals surface area contributed by atoms with Crippen LogP contribution in [0.2, 0.25) is 0 Å². The summed E-state index contributed by atoms with van der Waals surface area (Å²) in [6, 6.07) is 8.02. The molecule has 0 saturated carbocycles. The van der Waals surface area contributed by atoms with Crippen LogP contribution in [0.4, 0.5) is 5.69 Å². The van der Waals surface area contributed by atoms with Crippen molar-refractivity contribution in [3.8, 4) is 11.5 Å². The third-order valence-corrected chi connectivity index (χ3v) is 5.04. The van der Waals surface area contributed by atoms with Gasteiger partial charge in [-0.3, -0.25) is 10.1 Å². The highest BCUT2D eigenvalue weighted by Gasteiger charge is 2.27. The Morgan fingerprint density at radius 3 is 2.75 bits per heavy atom. The Balaban J connectivity index is 1.98. The van der Waals surface area contributed by atoms with Crippen LogP contribution in [0.3, 0.4) is 0 Å². The van der Waals surface area contributed by atoms with Crippen molar-refractivity contribution < 1.29 is 23.9 Å². The van der Waals surface area contributed by atoms with Gasteiger partial charge in [-0.1, -0.05) is 12.6 Å². The van der Waals surface area contributed by atoms with Gasteiger partial charge in [0.25, 0.3) is 5.69 Å². The van der Waals surface area contributed by atoms with Gasteiger partial charge in [-0.15, -0.1) is 0 Å². The minimum absolute atomic E-state index is 0.0213. The first-order valence-electron chi connectivity index (χ1n) is 9.71. The predicted molar refractivity (Wildman–Crippen MR) is 124 cm³/mol. The van der Waals surface area contributed by atoms with Gasteiger partial charge in [0, 0.05) is 17.2 Å². The molecular formula is C23H21BrN2O6. The van der Waals surface area contributed by atoms with E-state index in [1.165, 1.54) is 12.1 Å². The third kappa shape index (κ3) is 5.05. The molecule has 0 unspecified atom stereocenters. The van der Waals surface area contributed by atoms with Crippen LogP contribution in [0, 0.1) is 17.0 Å². The molecule has 32 heavy (non-hydrogen) atoms. The number of cyclic esters (lactones) is 1. The second-order valence-electron chi connectivity index (χ2n) is 7.05. The Morgan fingerprint density at radius 2 is 2.09 bits per heavy atom. The lowest BCUT2D eigenvalue weighted by Gasteiger charge is -2.14. The molecule has 0 atom stereocenters. The largest absolute Gasteiger partial charge is 0.490 e. The van der Waals surface area contributed by atoms with E-state index in [2.05, 4.69) is 27.5 Å². The van der Waals surface area contributed by atoms with Gasteiger partial charge in [0.15, 0.2) is 17.2 Å². The van der Waals surface area contributed by atoms with E-state index in [0.717, 1.165) is 5.57 Å². The summed E-state index contributed by atoms with van der Waals surface area (Å²) in [5.74, 6) is 0.401. The van der Waals surface area contributed by atoms with E-state index in [1.807, 2.05) is 13.8 Å². The zero-order chi connectivity index (χ0) is 23.4. The highest BCUT2D eigenvalue weighted by Crippen LogP contribution is 2.38. The standard InChI is InChI=1S/C23H21BrN2O6/c1-5-30-20-11-15(9-17(24)21(20)31-12-13(2)3)10-18-23(27)32-22(25-18)16-7-6-8-19(14(16)4)26(28)29/h6-11H,2,5,12H2,1,3-4H3/b18-10-. The molecule has 1 aliphatic rings. The first kappa shape index (κ1) is 23.2. The van der Waals surface area contributed by atoms with Gasteiger partial charge in [0.1, 0.15) is 6.61 Å². The van der Waals surface area contributed by atoms with Crippen LogP contribution in [0.1, 0.15) is 30.5 Å². The van der Waals surface area contributed by atoms with Crippen molar-refractivity contribution in [2.24, 2.45) is 4.99 Å². The number of hydrogen-bond donors (Lipinski definition) is 0. The van der Waals surface area contributed by atoms with Gasteiger partial charge in [-0.05, 0) is 72.1 Å². The smallest absolute Gasteiger partial charge is 0.363 e. The number of ether oxygens (including phenoxy) is 3. The molecule has 0 amide bonds. The maximum absolute atomic E-state index is 12.4. The van der Waals surface area contributed by atoms with Gasteiger partial charge in [-0.25, -0.2) is 9.79 Å². The molecule has 0 N–H and O–H groups in total. The number of aliphatic imine (C=N–C) groups is 1. The van der Waals surface area contributed by atoms with Crippen LogP contribution in [0.25, 0.3) is 6.08 Å². The molecule has 0 spiro atoms. The number of nitrogens with zero attached hydrogens (tertiary/aromatic N) is 2. The normalized spacial score (nSPS) is 14.2. The maximum Gasteiger partial charge on any atom is 0.363 e. The average molecular weight is 501 g/mol. The average Bonchev–Trinajstić information content (AvgIpc) is 3.07. The SMILES string of the molecule is C=C(C)COc1c(Br)cc(/C=C2\N=C(c3cccc([N+](=O)[O-])c3C)OC2=O)cc1OCC. The van der Waals surface area contributed by atoms with Crippen molar-refractivity contribution in [2.75, 3.05) is 13.2 Å². The van der Waals surface area contributed by atoms with E-state index in [1.54, 1.807) is 31.2 Å². The number of carbonyl (C=O) groups excluding carboxylic acids is 1. The summed E-state index contributed by atoms with van der Waals surface area (Å²) in [5, 5.41) is 11.2. The van der Waals surface area contributed by atoms with E-state index in [4.69, 9.17) is 14.2 Å². The van der Waals surface area contributed by atoms with E-state index in [9.17, 15) is 14.9 Å². The number of nitro groups is 1. The van der Waals surface area contributed by atoms with Gasteiger partial charge >= 0.3 is 5.97 Å². The summed E-state index contributed by atoms with van der Waals surface area (Å²) < 4.78 is 17.4. The Labute approximate surface area is 193 Å². The van der Waals surface area contributed by atoms with E-state index in [0.29, 0.717) is 45.9 Å². The molecule has 0 fully saturated rings. The minimum Gasteiger partial charge on any atom is -0.490 e. The van der Waals surface area contributed by atoms with Crippen LogP contribution in [-0.2, 0) is 9.53 Å². The maximum atomic E-state index is 12.4. The van der Waals surface area contributed by atoms with Gasteiger partial charge in [0.05, 0.1) is 16.0 Å². The molecule has 0 radical (unpaired) electrons. The highest BCUT2D eigenvalue weighted by molar-refractivity contribution is 9.10. The minimum atomic E-state index is -0.650. The Hall–Kier alpha value is -3.46. The van der Waals surface area contributed by atoms with Gasteiger partial charge in [0.2, 0.25) is 5.90 Å². The number of halogens is 1. The quantitative estimate of drug-likeness (QED) is 0.159. The lowest BCUT2D eigenvalue weighted by atomic mass is 10.1. The lowest BCUT2D eigenvalue weighted by molar-refractivity contribution is -0.385. The molecule has 8 nitrogen and oxygen atoms in total. The van der Waals surface area contributed by atoms with Crippen LogP contribution < -0.4 is 9.47 Å². The fraction of sp³-hybridized carbons (Fsp3) is 0.217. The fourth-order valence-corrected chi connectivity index (χ4v) is 3.58. The second-order valence-corrected chi connectivity index (χ2v) is 7.91. The number of nitro benzene ring substituents is 1. The van der Waals surface area contributed by atoms with Crippen molar-refractivity contribution >= 4 is 39.6 Å². The van der Waals surface area contributed by atoms with Crippen molar-refractivity contribution in [1.29, 1.82) is 0 Å². The van der Waals surface area contributed by atoms with Crippen molar-refractivity contribution in [3.05, 3.63) is 79.5 Å². The zero-order valence-electron chi connectivity index (χ0n) is 17.8. The Morgan fingerprint density at radius 1 is 1.34 bits per heavy atom. The van der Waals surface area contributed by atoms with Crippen LogP contribution >= 0.6 is 15.9 Å². The fourth-order valence-electron chi connectivity index (χ4n) is 3.00. The summed E-state index contributed by atoms with van der Waals surface area (Å²) in [6.07, 6.45) is 1.55. The molecule has 0 aliphatic carbocycles. The summed E-state index contributed by atoms with van der Waals surface area (Å²) in [4.78, 5) is 27.4. The summed E-state index contributed by atoms with van der Waals surface area (Å²) in [6.45, 7) is 9.88. The van der Waals surface area contributed by atoms with E-state index >= 15 is 0 Å². The number of rotatable bonds is 8.